The van der Waals surface area contributed by atoms with Gasteiger partial charge >= 0.3 is 0 Å². The summed E-state index contributed by atoms with van der Waals surface area (Å²) in [5.41, 5.74) is 2.90. The maximum absolute atomic E-state index is 11.3. The van der Waals surface area contributed by atoms with Gasteiger partial charge in [-0.3, -0.25) is 10.2 Å². The topological polar surface area (TPSA) is 85.8 Å². The van der Waals surface area contributed by atoms with E-state index in [1.165, 1.54) is 11.3 Å². The van der Waals surface area contributed by atoms with Crippen LogP contribution in [0.2, 0.25) is 0 Å². The van der Waals surface area contributed by atoms with Gasteiger partial charge in [0.1, 0.15) is 5.82 Å². The summed E-state index contributed by atoms with van der Waals surface area (Å²) in [5, 5.41) is 2.23. The Balaban J connectivity index is 2.16. The maximum atomic E-state index is 11.3. The monoisotopic (exact) mass is 265 g/mol. The molecule has 0 saturated carbocycles. The van der Waals surface area contributed by atoms with Crippen molar-refractivity contribution in [1.29, 1.82) is 0 Å². The van der Waals surface area contributed by atoms with Crippen LogP contribution in [0.15, 0.2) is 17.8 Å². The van der Waals surface area contributed by atoms with Crippen LogP contribution in [0.4, 0.5) is 0 Å². The average Bonchev–Trinajstić information content (AvgIpc) is 2.97. The number of amides is 1. The summed E-state index contributed by atoms with van der Waals surface area (Å²) in [7, 11) is 0. The lowest BCUT2D eigenvalue weighted by Crippen LogP contribution is -2.29. The van der Waals surface area contributed by atoms with E-state index in [0.717, 1.165) is 11.5 Å². The molecule has 0 unspecified atom stereocenters. The standard InChI is InChI=1S/C11H15N5OS/c1-7(2)9-13-3-4-16(9)5-8-6-18-11(14-8)10(17)15-12/h3-4,6-7H,5,12H2,1-2H3,(H,15,17). The summed E-state index contributed by atoms with van der Waals surface area (Å²) in [6, 6.07) is 0. The predicted octanol–water partition coefficient (Wildman–Crippen LogP) is 1.11. The van der Waals surface area contributed by atoms with Crippen molar-refractivity contribution in [2.45, 2.75) is 26.3 Å². The van der Waals surface area contributed by atoms with Crippen LogP contribution in [0.3, 0.4) is 0 Å². The lowest BCUT2D eigenvalue weighted by molar-refractivity contribution is 0.0953. The highest BCUT2D eigenvalue weighted by Crippen LogP contribution is 2.15. The molecule has 0 aliphatic heterocycles. The molecule has 0 spiro atoms. The van der Waals surface area contributed by atoms with Gasteiger partial charge in [-0.1, -0.05) is 13.8 Å². The quantitative estimate of drug-likeness (QED) is 0.492. The molecule has 7 heteroatoms. The maximum Gasteiger partial charge on any atom is 0.294 e. The fourth-order valence-electron chi connectivity index (χ4n) is 1.68. The van der Waals surface area contributed by atoms with Gasteiger partial charge in [0.25, 0.3) is 5.91 Å². The van der Waals surface area contributed by atoms with E-state index in [9.17, 15) is 4.79 Å². The Morgan fingerprint density at radius 3 is 3.06 bits per heavy atom. The van der Waals surface area contributed by atoms with Crippen LogP contribution in [-0.4, -0.2) is 20.4 Å². The SMILES string of the molecule is CC(C)c1nccn1Cc1csc(C(=O)NN)n1. The van der Waals surface area contributed by atoms with E-state index in [2.05, 4.69) is 29.2 Å². The zero-order valence-corrected chi connectivity index (χ0v) is 11.1. The Morgan fingerprint density at radius 1 is 1.61 bits per heavy atom. The van der Waals surface area contributed by atoms with Crippen molar-refractivity contribution in [1.82, 2.24) is 20.0 Å². The smallest absolute Gasteiger partial charge is 0.294 e. The molecule has 0 radical (unpaired) electrons. The Morgan fingerprint density at radius 2 is 2.39 bits per heavy atom. The molecule has 0 saturated heterocycles. The first kappa shape index (κ1) is 12.7. The van der Waals surface area contributed by atoms with Crippen LogP contribution in [0, 0.1) is 0 Å². The second-order valence-corrected chi connectivity index (χ2v) is 5.04. The van der Waals surface area contributed by atoms with Gasteiger partial charge in [0.2, 0.25) is 0 Å². The Kier molecular flexibility index (Phi) is 3.73. The number of nitrogens with two attached hydrogens (primary N) is 1. The Labute approximate surface area is 109 Å². The summed E-state index contributed by atoms with van der Waals surface area (Å²) in [6.45, 7) is 4.79. The molecule has 1 amide bonds. The van der Waals surface area contributed by atoms with Crippen LogP contribution in [0.5, 0.6) is 0 Å². The number of nitrogens with zero attached hydrogens (tertiary/aromatic N) is 3. The van der Waals surface area contributed by atoms with E-state index in [-0.39, 0.29) is 5.91 Å². The minimum Gasteiger partial charge on any atom is -0.329 e. The molecular weight excluding hydrogens is 250 g/mol. The van der Waals surface area contributed by atoms with Crippen molar-refractivity contribution < 1.29 is 4.79 Å². The van der Waals surface area contributed by atoms with E-state index < -0.39 is 0 Å². The van der Waals surface area contributed by atoms with Crippen molar-refractivity contribution in [2.75, 3.05) is 0 Å². The minimum atomic E-state index is -0.360. The highest BCUT2D eigenvalue weighted by Gasteiger charge is 2.12. The number of rotatable bonds is 4. The van der Waals surface area contributed by atoms with Crippen LogP contribution in [-0.2, 0) is 6.54 Å². The summed E-state index contributed by atoms with van der Waals surface area (Å²) in [5.74, 6) is 6.06. The fourth-order valence-corrected chi connectivity index (χ4v) is 2.39. The lowest BCUT2D eigenvalue weighted by atomic mass is 10.2. The Hall–Kier alpha value is -1.73. The molecule has 0 aliphatic rings. The number of hydrogen-bond acceptors (Lipinski definition) is 5. The van der Waals surface area contributed by atoms with Gasteiger partial charge in [-0.15, -0.1) is 11.3 Å². The molecule has 96 valence electrons. The van der Waals surface area contributed by atoms with Crippen LogP contribution in [0.25, 0.3) is 0 Å². The zero-order valence-electron chi connectivity index (χ0n) is 10.3. The largest absolute Gasteiger partial charge is 0.329 e. The number of hydrazine groups is 1. The third-order valence-electron chi connectivity index (χ3n) is 2.47. The average molecular weight is 265 g/mol. The second kappa shape index (κ2) is 5.28. The van der Waals surface area contributed by atoms with Crippen molar-refractivity contribution in [2.24, 2.45) is 5.84 Å². The van der Waals surface area contributed by atoms with Gasteiger partial charge in [-0.05, 0) is 0 Å². The minimum absolute atomic E-state index is 0.352. The van der Waals surface area contributed by atoms with Crippen LogP contribution in [0.1, 0.15) is 41.1 Å². The number of nitrogen functional groups attached to an aromatic ring is 1. The molecule has 18 heavy (non-hydrogen) atoms. The first-order chi connectivity index (χ1) is 8.61. The van der Waals surface area contributed by atoms with Gasteiger partial charge in [-0.25, -0.2) is 15.8 Å². The molecule has 2 rings (SSSR count). The molecule has 0 atom stereocenters. The number of aromatic nitrogens is 3. The highest BCUT2D eigenvalue weighted by atomic mass is 32.1. The molecule has 3 N–H and O–H groups in total. The normalized spacial score (nSPS) is 10.9. The summed E-state index contributed by atoms with van der Waals surface area (Å²) in [4.78, 5) is 19.8. The van der Waals surface area contributed by atoms with Gasteiger partial charge < -0.3 is 4.57 Å². The summed E-state index contributed by atoms with van der Waals surface area (Å²) < 4.78 is 2.03. The van der Waals surface area contributed by atoms with E-state index >= 15 is 0 Å². The molecular formula is C11H15N5OS. The molecule has 2 aromatic heterocycles. The third-order valence-corrected chi connectivity index (χ3v) is 3.36. The summed E-state index contributed by atoms with van der Waals surface area (Å²) >= 11 is 1.28. The molecule has 6 nitrogen and oxygen atoms in total. The van der Waals surface area contributed by atoms with Gasteiger partial charge in [-0.2, -0.15) is 0 Å². The zero-order chi connectivity index (χ0) is 13.1. The molecule has 0 aromatic carbocycles. The number of carbonyl (C=O) groups is 1. The van der Waals surface area contributed by atoms with E-state index in [0.29, 0.717) is 17.5 Å². The van der Waals surface area contributed by atoms with Crippen LogP contribution < -0.4 is 11.3 Å². The third kappa shape index (κ3) is 2.57. The molecule has 2 aromatic rings. The van der Waals surface area contributed by atoms with Crippen LogP contribution >= 0.6 is 11.3 Å². The van der Waals surface area contributed by atoms with Crippen molar-refractivity contribution in [3.05, 3.63) is 34.3 Å². The first-order valence-electron chi connectivity index (χ1n) is 5.58. The molecule has 0 fully saturated rings. The Bertz CT molecular complexity index is 545. The number of hydrogen-bond donors (Lipinski definition) is 2. The number of nitrogens with one attached hydrogen (secondary N) is 1. The van der Waals surface area contributed by atoms with Gasteiger partial charge in [0, 0.05) is 23.7 Å². The van der Waals surface area contributed by atoms with Crippen molar-refractivity contribution in [3.63, 3.8) is 0 Å². The van der Waals surface area contributed by atoms with Crippen molar-refractivity contribution in [3.8, 4) is 0 Å². The van der Waals surface area contributed by atoms with Crippen molar-refractivity contribution >= 4 is 17.2 Å². The number of carbonyl (C=O) groups excluding carboxylic acids is 1. The van der Waals surface area contributed by atoms with Gasteiger partial charge in [0.05, 0.1) is 12.2 Å². The number of thiazole rings is 1. The highest BCUT2D eigenvalue weighted by molar-refractivity contribution is 7.11. The number of imidazole rings is 1. The van der Waals surface area contributed by atoms with E-state index in [4.69, 9.17) is 5.84 Å². The van der Waals surface area contributed by atoms with E-state index in [1.807, 2.05) is 16.1 Å². The molecule has 0 aliphatic carbocycles. The van der Waals surface area contributed by atoms with Gasteiger partial charge in [0.15, 0.2) is 5.01 Å². The first-order valence-corrected chi connectivity index (χ1v) is 6.46. The molecule has 0 bridgehead atoms. The second-order valence-electron chi connectivity index (χ2n) is 4.19. The fraction of sp³-hybridized carbons (Fsp3) is 0.364. The summed E-state index contributed by atoms with van der Waals surface area (Å²) in [6.07, 6.45) is 3.69. The predicted molar refractivity (Wildman–Crippen MR) is 69.2 cm³/mol. The lowest BCUT2D eigenvalue weighted by Gasteiger charge is -2.08. The van der Waals surface area contributed by atoms with E-state index in [1.54, 1.807) is 6.20 Å². The molecule has 2 heterocycles.